The molecule has 0 aliphatic carbocycles. The van der Waals surface area contributed by atoms with Crippen LogP contribution in [0, 0.1) is 0 Å². The largest absolute Gasteiger partial charge is 0.245 e. The van der Waals surface area contributed by atoms with E-state index in [0.29, 0.717) is 15.5 Å². The van der Waals surface area contributed by atoms with E-state index in [1.807, 2.05) is 36.4 Å². The first-order valence-corrected chi connectivity index (χ1v) is 7.01. The lowest BCUT2D eigenvalue weighted by molar-refractivity contribution is 1.33. The molecular weight excluding hydrogens is 329 g/mol. The summed E-state index contributed by atoms with van der Waals surface area (Å²) in [6.45, 7) is 0. The maximum Gasteiger partial charge on any atom is 0.129 e. The average molecular weight is 341 g/mol. The van der Waals surface area contributed by atoms with E-state index in [1.54, 1.807) is 36.8 Å². The number of halogens is 3. The van der Waals surface area contributed by atoms with Gasteiger partial charge in [0.05, 0.1) is 0 Å². The molecule has 0 atom stereocenters. The van der Waals surface area contributed by atoms with E-state index in [4.69, 9.17) is 34.8 Å². The van der Waals surface area contributed by atoms with Crippen LogP contribution in [0.15, 0.2) is 73.2 Å². The van der Waals surface area contributed by atoms with Crippen molar-refractivity contribution in [2.75, 3.05) is 0 Å². The lowest BCUT2D eigenvalue weighted by Crippen LogP contribution is -1.65. The van der Waals surface area contributed by atoms with E-state index in [9.17, 15) is 0 Å². The Labute approximate surface area is 138 Å². The van der Waals surface area contributed by atoms with E-state index in [1.165, 1.54) is 0 Å². The summed E-state index contributed by atoms with van der Waals surface area (Å²) in [6.07, 6.45) is 4.97. The van der Waals surface area contributed by atoms with E-state index in [0.717, 1.165) is 0 Å². The molecule has 3 aromatic heterocycles. The molecule has 0 amide bonds. The van der Waals surface area contributed by atoms with E-state index in [-0.39, 0.29) is 0 Å². The predicted octanol–water partition coefficient (Wildman–Crippen LogP) is 5.21. The standard InChI is InChI=1S/3C5H4ClN/c3*6-5-3-1-2-4-7-5/h3*1-4H. The molecule has 0 saturated heterocycles. The number of hydrogen-bond donors (Lipinski definition) is 0. The lowest BCUT2D eigenvalue weighted by atomic mass is 10.5. The highest BCUT2D eigenvalue weighted by Crippen LogP contribution is 1.99. The highest BCUT2D eigenvalue weighted by Gasteiger charge is 1.77. The second kappa shape index (κ2) is 11.0. The zero-order valence-electron chi connectivity index (χ0n) is 10.9. The molecule has 0 aliphatic rings. The molecule has 0 radical (unpaired) electrons. The smallest absolute Gasteiger partial charge is 0.129 e. The Bertz CT molecular complexity index is 503. The van der Waals surface area contributed by atoms with Crippen LogP contribution in [0.4, 0.5) is 0 Å². The van der Waals surface area contributed by atoms with Crippen LogP contribution in [0.1, 0.15) is 0 Å². The Morgan fingerprint density at radius 3 is 0.857 bits per heavy atom. The minimum Gasteiger partial charge on any atom is -0.245 e. The van der Waals surface area contributed by atoms with Gasteiger partial charge in [-0.25, -0.2) is 15.0 Å². The van der Waals surface area contributed by atoms with Crippen LogP contribution in [-0.4, -0.2) is 15.0 Å². The van der Waals surface area contributed by atoms with Crippen molar-refractivity contribution < 1.29 is 0 Å². The van der Waals surface area contributed by atoms with Crippen LogP contribution in [0.5, 0.6) is 0 Å². The van der Waals surface area contributed by atoms with Crippen LogP contribution in [0.3, 0.4) is 0 Å². The summed E-state index contributed by atoms with van der Waals surface area (Å²) in [5, 5.41) is 1.63. The number of nitrogens with zero attached hydrogens (tertiary/aromatic N) is 3. The van der Waals surface area contributed by atoms with Crippen molar-refractivity contribution in [3.05, 3.63) is 88.6 Å². The summed E-state index contributed by atoms with van der Waals surface area (Å²) in [7, 11) is 0. The van der Waals surface area contributed by atoms with Crippen LogP contribution in [0.25, 0.3) is 0 Å². The van der Waals surface area contributed by atoms with Gasteiger partial charge in [-0.2, -0.15) is 0 Å². The number of aromatic nitrogens is 3. The molecule has 0 aliphatic heterocycles. The van der Waals surface area contributed by atoms with Crippen molar-refractivity contribution in [1.82, 2.24) is 15.0 Å². The fraction of sp³-hybridized carbons (Fsp3) is 0. The third kappa shape index (κ3) is 9.79. The molecule has 3 heterocycles. The first-order valence-electron chi connectivity index (χ1n) is 5.88. The molecule has 0 N–H and O–H groups in total. The fourth-order valence-electron chi connectivity index (χ4n) is 1.03. The first-order chi connectivity index (χ1) is 10.2. The van der Waals surface area contributed by atoms with Gasteiger partial charge in [-0.15, -0.1) is 0 Å². The number of pyridine rings is 3. The van der Waals surface area contributed by atoms with Crippen molar-refractivity contribution in [3.8, 4) is 0 Å². The van der Waals surface area contributed by atoms with Crippen LogP contribution >= 0.6 is 34.8 Å². The van der Waals surface area contributed by atoms with Gasteiger partial charge in [0.15, 0.2) is 0 Å². The quantitative estimate of drug-likeness (QED) is 0.528. The highest BCUT2D eigenvalue weighted by atomic mass is 35.5. The Morgan fingerprint density at radius 2 is 0.762 bits per heavy atom. The molecular formula is C15H12Cl3N3. The van der Waals surface area contributed by atoms with Crippen molar-refractivity contribution in [2.24, 2.45) is 0 Å². The van der Waals surface area contributed by atoms with Gasteiger partial charge >= 0.3 is 0 Å². The minimum absolute atomic E-state index is 0.544. The molecule has 3 rings (SSSR count). The minimum atomic E-state index is 0.544. The second-order valence-electron chi connectivity index (χ2n) is 3.46. The van der Waals surface area contributed by atoms with Gasteiger partial charge in [0.1, 0.15) is 15.5 Å². The van der Waals surface area contributed by atoms with Gasteiger partial charge in [-0.3, -0.25) is 0 Å². The van der Waals surface area contributed by atoms with Gasteiger partial charge in [0.2, 0.25) is 0 Å². The third-order valence-corrected chi connectivity index (χ3v) is 2.56. The van der Waals surface area contributed by atoms with Crippen molar-refractivity contribution in [3.63, 3.8) is 0 Å². The summed E-state index contributed by atoms with van der Waals surface area (Å²) in [4.78, 5) is 11.2. The van der Waals surface area contributed by atoms with Crippen molar-refractivity contribution in [2.45, 2.75) is 0 Å². The Hall–Kier alpha value is -1.68. The van der Waals surface area contributed by atoms with Gasteiger partial charge < -0.3 is 0 Å². The van der Waals surface area contributed by atoms with Gasteiger partial charge in [-0.1, -0.05) is 53.0 Å². The topological polar surface area (TPSA) is 38.7 Å². The summed E-state index contributed by atoms with van der Waals surface area (Å²) in [5.74, 6) is 0. The molecule has 0 fully saturated rings. The molecule has 0 aromatic carbocycles. The summed E-state index contributed by atoms with van der Waals surface area (Å²) in [6, 6.07) is 16.2. The van der Waals surface area contributed by atoms with E-state index in [2.05, 4.69) is 15.0 Å². The monoisotopic (exact) mass is 339 g/mol. The zero-order chi connectivity index (χ0) is 15.3. The first kappa shape index (κ1) is 17.4. The second-order valence-corrected chi connectivity index (χ2v) is 4.62. The Morgan fingerprint density at radius 1 is 0.476 bits per heavy atom. The SMILES string of the molecule is Clc1ccccn1.Clc1ccccn1.Clc1ccccn1. The average Bonchev–Trinajstić information content (AvgIpc) is 2.51. The molecule has 0 spiro atoms. The van der Waals surface area contributed by atoms with E-state index < -0.39 is 0 Å². The maximum absolute atomic E-state index is 5.43. The summed E-state index contributed by atoms with van der Waals surface area (Å²) in [5.41, 5.74) is 0. The fourth-order valence-corrected chi connectivity index (χ4v) is 1.41. The molecule has 0 saturated carbocycles. The zero-order valence-corrected chi connectivity index (χ0v) is 13.2. The Balaban J connectivity index is 0.000000157. The van der Waals surface area contributed by atoms with Gasteiger partial charge in [0.25, 0.3) is 0 Å². The number of hydrogen-bond acceptors (Lipinski definition) is 3. The van der Waals surface area contributed by atoms with Crippen LogP contribution < -0.4 is 0 Å². The number of rotatable bonds is 0. The lowest BCUT2D eigenvalue weighted by Gasteiger charge is -1.79. The molecule has 6 heteroatoms. The molecule has 0 unspecified atom stereocenters. The van der Waals surface area contributed by atoms with Crippen molar-refractivity contribution in [1.29, 1.82) is 0 Å². The third-order valence-electron chi connectivity index (χ3n) is 1.89. The molecule has 108 valence electrons. The predicted molar refractivity (Wildman–Crippen MR) is 87.7 cm³/mol. The summed E-state index contributed by atoms with van der Waals surface area (Å²) >= 11 is 16.3. The molecule has 3 nitrogen and oxygen atoms in total. The highest BCUT2D eigenvalue weighted by molar-refractivity contribution is 6.29. The van der Waals surface area contributed by atoms with Crippen LogP contribution in [-0.2, 0) is 0 Å². The van der Waals surface area contributed by atoms with E-state index >= 15 is 0 Å². The molecule has 21 heavy (non-hydrogen) atoms. The van der Waals surface area contributed by atoms with Gasteiger partial charge in [-0.05, 0) is 36.4 Å². The summed E-state index contributed by atoms with van der Waals surface area (Å²) < 4.78 is 0. The van der Waals surface area contributed by atoms with Crippen LogP contribution in [0.2, 0.25) is 15.5 Å². The molecule has 0 bridgehead atoms. The normalized spacial score (nSPS) is 8.71. The Kier molecular flexibility index (Phi) is 9.13. The maximum atomic E-state index is 5.43. The molecule has 3 aromatic rings. The van der Waals surface area contributed by atoms with Crippen molar-refractivity contribution >= 4 is 34.8 Å². The van der Waals surface area contributed by atoms with Gasteiger partial charge in [0, 0.05) is 18.6 Å².